The van der Waals surface area contributed by atoms with E-state index >= 15 is 0 Å². The molecule has 0 aliphatic heterocycles. The highest BCUT2D eigenvalue weighted by molar-refractivity contribution is 6.30. The fourth-order valence-electron chi connectivity index (χ4n) is 0.879. The predicted octanol–water partition coefficient (Wildman–Crippen LogP) is 2.72. The van der Waals surface area contributed by atoms with Crippen molar-refractivity contribution < 1.29 is 19.0 Å². The largest absolute Gasteiger partial charge is 0.478 e. The molecule has 3 nitrogen and oxygen atoms in total. The van der Waals surface area contributed by atoms with E-state index in [1.807, 2.05) is 0 Å². The van der Waals surface area contributed by atoms with Crippen molar-refractivity contribution in [2.45, 2.75) is 19.4 Å². The number of rotatable bonds is 3. The summed E-state index contributed by atoms with van der Waals surface area (Å²) in [5.74, 6) is -1.64. The zero-order valence-corrected chi connectivity index (χ0v) is 9.01. The number of carbonyl (C=O) groups is 1. The van der Waals surface area contributed by atoms with E-state index in [-0.39, 0.29) is 10.8 Å². The highest BCUT2D eigenvalue weighted by Gasteiger charge is 2.29. The van der Waals surface area contributed by atoms with Gasteiger partial charge < -0.3 is 9.84 Å². The van der Waals surface area contributed by atoms with Crippen molar-refractivity contribution in [2.75, 3.05) is 0 Å². The molecule has 0 aliphatic rings. The molecular formula is C10H10ClFO3. The summed E-state index contributed by atoms with van der Waals surface area (Å²) in [6.07, 6.45) is 0. The standard InChI is InChI=1S/C10H10ClFO3/c1-10(2,9(13)14)15-6-3-4-7(11)8(12)5-6/h3-5H,1-2H3,(H,13,14). The zero-order chi connectivity index (χ0) is 11.6. The molecule has 0 spiro atoms. The number of hydrogen-bond donors (Lipinski definition) is 1. The molecule has 0 aromatic heterocycles. The Morgan fingerprint density at radius 1 is 1.53 bits per heavy atom. The lowest BCUT2D eigenvalue weighted by Crippen LogP contribution is -2.37. The van der Waals surface area contributed by atoms with Gasteiger partial charge in [0.05, 0.1) is 5.02 Å². The average molecular weight is 233 g/mol. The Morgan fingerprint density at radius 3 is 2.60 bits per heavy atom. The van der Waals surface area contributed by atoms with Crippen molar-refractivity contribution >= 4 is 17.6 Å². The van der Waals surface area contributed by atoms with Crippen LogP contribution in [0.4, 0.5) is 4.39 Å². The van der Waals surface area contributed by atoms with Crippen LogP contribution in [0.5, 0.6) is 5.75 Å². The summed E-state index contributed by atoms with van der Waals surface area (Å²) in [5, 5.41) is 8.75. The van der Waals surface area contributed by atoms with Crippen LogP contribution in [-0.4, -0.2) is 16.7 Å². The van der Waals surface area contributed by atoms with Crippen molar-refractivity contribution in [2.24, 2.45) is 0 Å². The van der Waals surface area contributed by atoms with Crippen molar-refractivity contribution in [1.82, 2.24) is 0 Å². The third-order valence-electron chi connectivity index (χ3n) is 1.78. The molecule has 0 heterocycles. The molecule has 0 atom stereocenters. The van der Waals surface area contributed by atoms with Crippen LogP contribution < -0.4 is 4.74 Å². The van der Waals surface area contributed by atoms with Crippen molar-refractivity contribution in [3.63, 3.8) is 0 Å². The van der Waals surface area contributed by atoms with Crippen molar-refractivity contribution in [3.8, 4) is 5.75 Å². The second kappa shape index (κ2) is 4.06. The molecular weight excluding hydrogens is 223 g/mol. The molecule has 0 aliphatic carbocycles. The van der Waals surface area contributed by atoms with Crippen molar-refractivity contribution in [3.05, 3.63) is 29.0 Å². The van der Waals surface area contributed by atoms with Crippen LogP contribution in [0.25, 0.3) is 0 Å². The molecule has 0 saturated heterocycles. The third kappa shape index (κ3) is 2.83. The highest BCUT2D eigenvalue weighted by atomic mass is 35.5. The zero-order valence-electron chi connectivity index (χ0n) is 8.25. The maximum atomic E-state index is 13.0. The van der Waals surface area contributed by atoms with Gasteiger partial charge in [-0.05, 0) is 26.0 Å². The van der Waals surface area contributed by atoms with Gasteiger partial charge in [0.2, 0.25) is 0 Å². The summed E-state index contributed by atoms with van der Waals surface area (Å²) in [6, 6.07) is 3.77. The van der Waals surface area contributed by atoms with E-state index in [0.29, 0.717) is 0 Å². The van der Waals surface area contributed by atoms with E-state index in [1.165, 1.54) is 26.0 Å². The summed E-state index contributed by atoms with van der Waals surface area (Å²) >= 11 is 5.47. The van der Waals surface area contributed by atoms with E-state index in [9.17, 15) is 9.18 Å². The topological polar surface area (TPSA) is 46.5 Å². The molecule has 0 amide bonds. The smallest absolute Gasteiger partial charge is 0.347 e. The minimum absolute atomic E-state index is 0.0320. The molecule has 1 aromatic carbocycles. The molecule has 5 heteroatoms. The van der Waals surface area contributed by atoms with Gasteiger partial charge in [-0.2, -0.15) is 0 Å². The number of aliphatic carboxylic acids is 1. The van der Waals surface area contributed by atoms with Crippen molar-refractivity contribution in [1.29, 1.82) is 0 Å². The van der Waals surface area contributed by atoms with Crippen LogP contribution in [-0.2, 0) is 4.79 Å². The normalized spacial score (nSPS) is 11.2. The molecule has 0 saturated carbocycles. The molecule has 1 N–H and O–H groups in total. The maximum absolute atomic E-state index is 13.0. The SMILES string of the molecule is CC(C)(Oc1ccc(Cl)c(F)c1)C(=O)O. The quantitative estimate of drug-likeness (QED) is 0.872. The van der Waals surface area contributed by atoms with Gasteiger partial charge in [-0.1, -0.05) is 11.6 Å². The maximum Gasteiger partial charge on any atom is 0.347 e. The van der Waals surface area contributed by atoms with Gasteiger partial charge >= 0.3 is 5.97 Å². The summed E-state index contributed by atoms with van der Waals surface area (Å²) in [5.41, 5.74) is -1.40. The van der Waals surface area contributed by atoms with Crippen LogP contribution in [0.2, 0.25) is 5.02 Å². The van der Waals surface area contributed by atoms with Gasteiger partial charge in [0.25, 0.3) is 0 Å². The fourth-order valence-corrected chi connectivity index (χ4v) is 0.996. The monoisotopic (exact) mass is 232 g/mol. The van der Waals surface area contributed by atoms with Gasteiger partial charge in [0.1, 0.15) is 11.6 Å². The highest BCUT2D eigenvalue weighted by Crippen LogP contribution is 2.23. The Kier molecular flexibility index (Phi) is 3.19. The van der Waals surface area contributed by atoms with E-state index in [4.69, 9.17) is 21.4 Å². The number of halogens is 2. The fraction of sp³-hybridized carbons (Fsp3) is 0.300. The summed E-state index contributed by atoms with van der Waals surface area (Å²) in [6.45, 7) is 2.75. The lowest BCUT2D eigenvalue weighted by atomic mass is 10.1. The van der Waals surface area contributed by atoms with Gasteiger partial charge in [0.15, 0.2) is 5.60 Å². The first kappa shape index (κ1) is 11.8. The Balaban J connectivity index is 2.91. The van der Waals surface area contributed by atoms with Gasteiger partial charge in [-0.3, -0.25) is 0 Å². The third-order valence-corrected chi connectivity index (χ3v) is 2.09. The summed E-state index contributed by atoms with van der Waals surface area (Å²) in [4.78, 5) is 10.7. The predicted molar refractivity (Wildman–Crippen MR) is 53.8 cm³/mol. The van der Waals surface area contributed by atoms with Crippen LogP contribution in [0, 0.1) is 5.82 Å². The van der Waals surface area contributed by atoms with E-state index in [0.717, 1.165) is 6.07 Å². The Hall–Kier alpha value is -1.29. The van der Waals surface area contributed by atoms with Gasteiger partial charge in [-0.15, -0.1) is 0 Å². The lowest BCUT2D eigenvalue weighted by molar-refractivity contribution is -0.152. The lowest BCUT2D eigenvalue weighted by Gasteiger charge is -2.21. The first-order valence-corrected chi connectivity index (χ1v) is 4.58. The van der Waals surface area contributed by atoms with Crippen LogP contribution in [0.1, 0.15) is 13.8 Å². The van der Waals surface area contributed by atoms with Gasteiger partial charge in [-0.25, -0.2) is 9.18 Å². The summed E-state index contributed by atoms with van der Waals surface area (Å²) < 4.78 is 18.1. The first-order valence-electron chi connectivity index (χ1n) is 4.20. The number of carboxylic acids is 1. The summed E-state index contributed by atoms with van der Waals surface area (Å²) in [7, 11) is 0. The molecule has 0 fully saturated rings. The molecule has 15 heavy (non-hydrogen) atoms. The van der Waals surface area contributed by atoms with Crippen LogP contribution in [0.15, 0.2) is 18.2 Å². The number of benzene rings is 1. The second-order valence-electron chi connectivity index (χ2n) is 3.49. The first-order chi connectivity index (χ1) is 6.83. The minimum Gasteiger partial charge on any atom is -0.478 e. The van der Waals surface area contributed by atoms with E-state index in [1.54, 1.807) is 0 Å². The molecule has 1 rings (SSSR count). The molecule has 1 aromatic rings. The Bertz CT molecular complexity index is 390. The van der Waals surface area contributed by atoms with E-state index < -0.39 is 17.4 Å². The molecule has 0 radical (unpaired) electrons. The van der Waals surface area contributed by atoms with Crippen LogP contribution in [0.3, 0.4) is 0 Å². The minimum atomic E-state index is -1.40. The number of hydrogen-bond acceptors (Lipinski definition) is 2. The molecule has 82 valence electrons. The number of ether oxygens (including phenoxy) is 1. The number of carboxylic acid groups (broad SMARTS) is 1. The second-order valence-corrected chi connectivity index (χ2v) is 3.90. The van der Waals surface area contributed by atoms with E-state index in [2.05, 4.69) is 0 Å². The average Bonchev–Trinajstić information content (AvgIpc) is 2.10. The molecule has 0 unspecified atom stereocenters. The Morgan fingerprint density at radius 2 is 2.13 bits per heavy atom. The van der Waals surface area contributed by atoms with Gasteiger partial charge in [0, 0.05) is 6.07 Å². The van der Waals surface area contributed by atoms with Crippen LogP contribution >= 0.6 is 11.6 Å². The molecule has 0 bridgehead atoms. The Labute approximate surface area is 91.4 Å².